The molecule has 3 amide bonds. The van der Waals surface area contributed by atoms with Crippen molar-refractivity contribution in [2.24, 2.45) is 11.7 Å². The van der Waals surface area contributed by atoms with Gasteiger partial charge in [-0.25, -0.2) is 9.78 Å². The molecule has 2 aromatic rings. The molecule has 0 radical (unpaired) electrons. The van der Waals surface area contributed by atoms with Crippen molar-refractivity contribution in [1.29, 1.82) is 0 Å². The second kappa shape index (κ2) is 14.5. The van der Waals surface area contributed by atoms with Crippen LogP contribution in [0.4, 0.5) is 0 Å². The fourth-order valence-corrected chi connectivity index (χ4v) is 3.72. The minimum Gasteiger partial charge on any atom is -0.508 e. The highest BCUT2D eigenvalue weighted by Crippen LogP contribution is 2.13. The highest BCUT2D eigenvalue weighted by atomic mass is 16.4. The normalized spacial score (nSPS) is 14.1. The van der Waals surface area contributed by atoms with Crippen LogP contribution in [-0.2, 0) is 36.8 Å². The Morgan fingerprint density at radius 3 is 1.97 bits per heavy atom. The van der Waals surface area contributed by atoms with Crippen molar-refractivity contribution in [2.75, 3.05) is 0 Å². The van der Waals surface area contributed by atoms with Crippen LogP contribution in [0.25, 0.3) is 0 Å². The van der Waals surface area contributed by atoms with Crippen LogP contribution in [0.1, 0.15) is 37.9 Å². The van der Waals surface area contributed by atoms with Crippen molar-refractivity contribution in [3.8, 4) is 5.75 Å². The standard InChI is InChI=1S/C25H34N6O8/c1-13(2)7-17(26)22(35)29-18(8-14-3-5-16(32)6-4-14)23(36)30-19(9-15-11-27-12-28-15)24(37)31-20(25(38)39)10-21(33)34/h3-6,11-13,17-20,32H,7-10,26H2,1-2H3,(H,27,28)(H,29,35)(H,30,36)(H,31,37)(H,33,34)(H,38,39). The summed E-state index contributed by atoms with van der Waals surface area (Å²) in [6, 6.07) is 0.791. The second-order valence-corrected chi connectivity index (χ2v) is 9.51. The van der Waals surface area contributed by atoms with E-state index >= 15 is 0 Å². The average molecular weight is 547 g/mol. The number of phenolic OH excluding ortho intramolecular Hbond substituents is 1. The van der Waals surface area contributed by atoms with Crippen LogP contribution in [-0.4, -0.2) is 79.1 Å². The van der Waals surface area contributed by atoms with E-state index in [0.29, 0.717) is 17.7 Å². The van der Waals surface area contributed by atoms with Crippen molar-refractivity contribution in [1.82, 2.24) is 25.9 Å². The molecule has 14 nitrogen and oxygen atoms in total. The molecule has 4 unspecified atom stereocenters. The number of phenols is 1. The lowest BCUT2D eigenvalue weighted by atomic mass is 10.0. The number of carbonyl (C=O) groups is 5. The van der Waals surface area contributed by atoms with Crippen molar-refractivity contribution < 1.29 is 39.3 Å². The Labute approximate surface area is 224 Å². The van der Waals surface area contributed by atoms with E-state index in [1.54, 1.807) is 12.1 Å². The maximum absolute atomic E-state index is 13.4. The minimum absolute atomic E-state index is 0.00776. The maximum atomic E-state index is 13.4. The number of nitrogens with one attached hydrogen (secondary N) is 4. The number of aromatic hydroxyl groups is 1. The number of nitrogens with two attached hydrogens (primary N) is 1. The van der Waals surface area contributed by atoms with Crippen molar-refractivity contribution in [2.45, 2.75) is 63.7 Å². The fraction of sp³-hybridized carbons (Fsp3) is 0.440. The van der Waals surface area contributed by atoms with E-state index in [2.05, 4.69) is 25.9 Å². The van der Waals surface area contributed by atoms with Crippen LogP contribution in [0.15, 0.2) is 36.8 Å². The van der Waals surface area contributed by atoms with Gasteiger partial charge in [0.05, 0.1) is 18.8 Å². The van der Waals surface area contributed by atoms with E-state index in [9.17, 15) is 34.2 Å². The van der Waals surface area contributed by atoms with Gasteiger partial charge in [-0.3, -0.25) is 19.2 Å². The lowest BCUT2D eigenvalue weighted by Gasteiger charge is -2.25. The second-order valence-electron chi connectivity index (χ2n) is 9.51. The summed E-state index contributed by atoms with van der Waals surface area (Å²) in [5, 5.41) is 35.2. The third kappa shape index (κ3) is 10.4. The van der Waals surface area contributed by atoms with E-state index < -0.39 is 60.2 Å². The molecule has 1 heterocycles. The Morgan fingerprint density at radius 1 is 0.897 bits per heavy atom. The first-order valence-electron chi connectivity index (χ1n) is 12.2. The minimum atomic E-state index is -1.74. The lowest BCUT2D eigenvalue weighted by Crippen LogP contribution is -2.58. The number of hydrogen-bond donors (Lipinski definition) is 8. The Hall–Kier alpha value is -4.46. The van der Waals surface area contributed by atoms with Gasteiger partial charge in [0, 0.05) is 24.7 Å². The van der Waals surface area contributed by atoms with Gasteiger partial charge in [-0.05, 0) is 30.0 Å². The summed E-state index contributed by atoms with van der Waals surface area (Å²) in [6.45, 7) is 3.78. The molecule has 0 aliphatic heterocycles. The van der Waals surface area contributed by atoms with Gasteiger partial charge < -0.3 is 42.0 Å². The number of carboxylic acids is 2. The number of aliphatic carboxylic acids is 2. The van der Waals surface area contributed by atoms with E-state index in [1.165, 1.54) is 24.7 Å². The smallest absolute Gasteiger partial charge is 0.326 e. The molecular formula is C25H34N6O8. The zero-order valence-corrected chi connectivity index (χ0v) is 21.6. The lowest BCUT2D eigenvalue weighted by molar-refractivity contribution is -0.147. The zero-order chi connectivity index (χ0) is 29.1. The van der Waals surface area contributed by atoms with Gasteiger partial charge in [0.25, 0.3) is 0 Å². The SMILES string of the molecule is CC(C)CC(N)C(=O)NC(Cc1ccc(O)cc1)C(=O)NC(Cc1cnc[nH]1)C(=O)NC(CC(=O)O)C(=O)O. The first-order valence-corrected chi connectivity index (χ1v) is 12.2. The Balaban J connectivity index is 2.29. The van der Waals surface area contributed by atoms with E-state index in [0.717, 1.165) is 0 Å². The van der Waals surface area contributed by atoms with E-state index in [-0.39, 0.29) is 24.5 Å². The number of hydrogen-bond acceptors (Lipinski definition) is 8. The van der Waals surface area contributed by atoms with Crippen LogP contribution >= 0.6 is 0 Å². The average Bonchev–Trinajstić information content (AvgIpc) is 3.36. The van der Waals surface area contributed by atoms with Crippen LogP contribution in [0, 0.1) is 5.92 Å². The van der Waals surface area contributed by atoms with Crippen LogP contribution in [0.2, 0.25) is 0 Å². The third-order valence-electron chi connectivity index (χ3n) is 5.68. The summed E-state index contributed by atoms with van der Waals surface area (Å²) < 4.78 is 0. The van der Waals surface area contributed by atoms with Crippen molar-refractivity contribution >= 4 is 29.7 Å². The molecule has 4 atom stereocenters. The summed E-state index contributed by atoms with van der Waals surface area (Å²) >= 11 is 0. The molecule has 0 saturated carbocycles. The quantitative estimate of drug-likeness (QED) is 0.140. The molecule has 9 N–H and O–H groups in total. The fourth-order valence-electron chi connectivity index (χ4n) is 3.72. The first kappa shape index (κ1) is 30.8. The van der Waals surface area contributed by atoms with Gasteiger partial charge in [0.15, 0.2) is 0 Å². The van der Waals surface area contributed by atoms with Gasteiger partial charge >= 0.3 is 11.9 Å². The number of H-pyrrole nitrogens is 1. The maximum Gasteiger partial charge on any atom is 0.326 e. The molecule has 0 bridgehead atoms. The summed E-state index contributed by atoms with van der Waals surface area (Å²) in [4.78, 5) is 68.3. The van der Waals surface area contributed by atoms with Crippen molar-refractivity contribution in [3.63, 3.8) is 0 Å². The van der Waals surface area contributed by atoms with Crippen LogP contribution < -0.4 is 21.7 Å². The molecule has 0 saturated heterocycles. The Kier molecular flexibility index (Phi) is 11.4. The highest BCUT2D eigenvalue weighted by Gasteiger charge is 2.31. The number of amides is 3. The van der Waals surface area contributed by atoms with Crippen molar-refractivity contribution in [3.05, 3.63) is 48.0 Å². The number of carboxylic acid groups (broad SMARTS) is 2. The molecule has 39 heavy (non-hydrogen) atoms. The molecular weight excluding hydrogens is 512 g/mol. The molecule has 1 aromatic heterocycles. The van der Waals surface area contributed by atoms with Crippen LogP contribution in [0.5, 0.6) is 5.75 Å². The number of benzene rings is 1. The third-order valence-corrected chi connectivity index (χ3v) is 5.68. The molecule has 2 rings (SSSR count). The Bertz CT molecular complexity index is 1140. The molecule has 0 spiro atoms. The summed E-state index contributed by atoms with van der Waals surface area (Å²) in [5.74, 6) is -5.17. The van der Waals surface area contributed by atoms with Gasteiger partial charge in [-0.2, -0.15) is 0 Å². The van der Waals surface area contributed by atoms with Gasteiger partial charge in [-0.15, -0.1) is 0 Å². The van der Waals surface area contributed by atoms with Gasteiger partial charge in [0.1, 0.15) is 23.9 Å². The number of nitrogens with zero attached hydrogens (tertiary/aromatic N) is 1. The van der Waals surface area contributed by atoms with Gasteiger partial charge in [-0.1, -0.05) is 26.0 Å². The molecule has 14 heteroatoms. The molecule has 1 aromatic carbocycles. The molecule has 0 aliphatic carbocycles. The number of carbonyl (C=O) groups excluding carboxylic acids is 3. The topological polar surface area (TPSA) is 237 Å². The highest BCUT2D eigenvalue weighted by molar-refractivity contribution is 5.94. The Morgan fingerprint density at radius 2 is 1.46 bits per heavy atom. The zero-order valence-electron chi connectivity index (χ0n) is 21.6. The summed E-state index contributed by atoms with van der Waals surface area (Å²) in [7, 11) is 0. The number of aromatic nitrogens is 2. The molecule has 0 aliphatic rings. The van der Waals surface area contributed by atoms with E-state index in [1.807, 2.05) is 13.8 Å². The number of rotatable bonds is 15. The van der Waals surface area contributed by atoms with Crippen LogP contribution in [0.3, 0.4) is 0 Å². The predicted octanol–water partition coefficient (Wildman–Crippen LogP) is -0.712. The summed E-state index contributed by atoms with van der Waals surface area (Å²) in [5.41, 5.74) is 7.01. The molecule has 0 fully saturated rings. The number of imidazole rings is 1. The first-order chi connectivity index (χ1) is 18.3. The van der Waals surface area contributed by atoms with E-state index in [4.69, 9.17) is 10.8 Å². The largest absolute Gasteiger partial charge is 0.508 e. The van der Waals surface area contributed by atoms with Gasteiger partial charge in [0.2, 0.25) is 17.7 Å². The predicted molar refractivity (Wildman–Crippen MR) is 137 cm³/mol. The monoisotopic (exact) mass is 546 g/mol. The number of aromatic amines is 1. The molecule has 212 valence electrons. The summed E-state index contributed by atoms with van der Waals surface area (Å²) in [6.07, 6.45) is 2.09.